The molecule has 1 rings (SSSR count). The average Bonchev–Trinajstić information content (AvgIpc) is 2.33. The average molecular weight is 266 g/mol. The van der Waals surface area contributed by atoms with Gasteiger partial charge in [-0.1, -0.05) is 19.9 Å². The maximum atomic E-state index is 13.0. The van der Waals surface area contributed by atoms with Gasteiger partial charge in [-0.05, 0) is 37.0 Å². The standard InChI is InChI=1S/C14H19FN2O2/c1-9(2)6-7-16-13(18)14(19)17-12-8-11(15)5-4-10(12)3/h4-5,8-9H,6-7H2,1-3H3,(H,16,18)(H,17,19). The Morgan fingerprint density at radius 2 is 1.95 bits per heavy atom. The molecule has 0 aliphatic rings. The van der Waals surface area contributed by atoms with E-state index < -0.39 is 17.6 Å². The number of amides is 2. The highest BCUT2D eigenvalue weighted by Crippen LogP contribution is 2.15. The summed E-state index contributed by atoms with van der Waals surface area (Å²) < 4.78 is 13.0. The number of nitrogens with one attached hydrogen (secondary N) is 2. The topological polar surface area (TPSA) is 58.2 Å². The van der Waals surface area contributed by atoms with Gasteiger partial charge in [0.25, 0.3) is 0 Å². The number of hydrogen-bond acceptors (Lipinski definition) is 2. The molecule has 0 radical (unpaired) electrons. The van der Waals surface area contributed by atoms with Crippen LogP contribution in [0.1, 0.15) is 25.8 Å². The minimum atomic E-state index is -0.780. The zero-order valence-corrected chi connectivity index (χ0v) is 11.4. The summed E-state index contributed by atoms with van der Waals surface area (Å²) in [6, 6.07) is 4.03. The maximum Gasteiger partial charge on any atom is 0.313 e. The molecule has 0 fully saturated rings. The van der Waals surface area contributed by atoms with Crippen LogP contribution in [-0.4, -0.2) is 18.4 Å². The number of anilines is 1. The van der Waals surface area contributed by atoms with E-state index in [1.807, 2.05) is 13.8 Å². The summed E-state index contributed by atoms with van der Waals surface area (Å²) >= 11 is 0. The zero-order chi connectivity index (χ0) is 14.4. The van der Waals surface area contributed by atoms with Gasteiger partial charge in [-0.15, -0.1) is 0 Å². The van der Waals surface area contributed by atoms with Crippen molar-refractivity contribution in [1.82, 2.24) is 5.32 Å². The van der Waals surface area contributed by atoms with Gasteiger partial charge in [-0.25, -0.2) is 4.39 Å². The number of halogens is 1. The molecule has 5 heteroatoms. The molecule has 0 spiro atoms. The second-order valence-corrected chi connectivity index (χ2v) is 4.85. The molecule has 0 heterocycles. The molecular weight excluding hydrogens is 247 g/mol. The molecule has 1 aromatic carbocycles. The first-order valence-electron chi connectivity index (χ1n) is 6.25. The minimum Gasteiger partial charge on any atom is -0.348 e. The van der Waals surface area contributed by atoms with Crippen LogP contribution in [0, 0.1) is 18.7 Å². The molecule has 104 valence electrons. The molecule has 0 unspecified atom stereocenters. The Hall–Kier alpha value is -1.91. The molecule has 0 saturated carbocycles. The Kier molecular flexibility index (Phi) is 5.48. The van der Waals surface area contributed by atoms with E-state index in [0.717, 1.165) is 6.42 Å². The molecule has 4 nitrogen and oxygen atoms in total. The fraction of sp³-hybridized carbons (Fsp3) is 0.429. The van der Waals surface area contributed by atoms with Gasteiger partial charge in [0.2, 0.25) is 0 Å². The molecule has 19 heavy (non-hydrogen) atoms. The Morgan fingerprint density at radius 3 is 2.58 bits per heavy atom. The first-order chi connectivity index (χ1) is 8.90. The van der Waals surface area contributed by atoms with Gasteiger partial charge in [-0.2, -0.15) is 0 Å². The number of rotatable bonds is 4. The van der Waals surface area contributed by atoms with E-state index in [1.165, 1.54) is 12.1 Å². The van der Waals surface area contributed by atoms with Crippen LogP contribution in [0.2, 0.25) is 0 Å². The Labute approximate surface area is 112 Å². The van der Waals surface area contributed by atoms with Crippen LogP contribution in [-0.2, 0) is 9.59 Å². The van der Waals surface area contributed by atoms with Crippen LogP contribution < -0.4 is 10.6 Å². The predicted octanol–water partition coefficient (Wildman–Crippen LogP) is 2.23. The fourth-order valence-corrected chi connectivity index (χ4v) is 1.46. The Balaban J connectivity index is 2.54. The number of aryl methyl sites for hydroxylation is 1. The molecule has 2 amide bonds. The summed E-state index contributed by atoms with van der Waals surface area (Å²) in [6.07, 6.45) is 0.804. The summed E-state index contributed by atoms with van der Waals surface area (Å²) in [5, 5.41) is 4.92. The molecular formula is C14H19FN2O2. The Morgan fingerprint density at radius 1 is 1.26 bits per heavy atom. The van der Waals surface area contributed by atoms with Gasteiger partial charge in [0.1, 0.15) is 5.82 Å². The van der Waals surface area contributed by atoms with Crippen molar-refractivity contribution < 1.29 is 14.0 Å². The number of carbonyl (C=O) groups excluding carboxylic acids is 2. The highest BCUT2D eigenvalue weighted by Gasteiger charge is 2.14. The second kappa shape index (κ2) is 6.87. The van der Waals surface area contributed by atoms with Crippen molar-refractivity contribution in [2.75, 3.05) is 11.9 Å². The van der Waals surface area contributed by atoms with Gasteiger partial charge in [0.05, 0.1) is 0 Å². The van der Waals surface area contributed by atoms with Crippen LogP contribution in [0.15, 0.2) is 18.2 Å². The molecule has 0 aliphatic heterocycles. The molecule has 2 N–H and O–H groups in total. The van der Waals surface area contributed by atoms with Crippen molar-refractivity contribution in [3.8, 4) is 0 Å². The molecule has 1 aromatic rings. The number of hydrogen-bond donors (Lipinski definition) is 2. The highest BCUT2D eigenvalue weighted by molar-refractivity contribution is 6.39. The maximum absolute atomic E-state index is 13.0. The lowest BCUT2D eigenvalue weighted by atomic mass is 10.1. The summed E-state index contributed by atoms with van der Waals surface area (Å²) in [4.78, 5) is 23.1. The van der Waals surface area contributed by atoms with Gasteiger partial charge in [0.15, 0.2) is 0 Å². The van der Waals surface area contributed by atoms with Gasteiger partial charge in [-0.3, -0.25) is 9.59 Å². The lowest BCUT2D eigenvalue weighted by Gasteiger charge is -2.09. The third-order valence-corrected chi connectivity index (χ3v) is 2.66. The van der Waals surface area contributed by atoms with Crippen molar-refractivity contribution in [3.63, 3.8) is 0 Å². The summed E-state index contributed by atoms with van der Waals surface area (Å²) in [6.45, 7) is 6.24. The van der Waals surface area contributed by atoms with Crippen LogP contribution >= 0.6 is 0 Å². The van der Waals surface area contributed by atoms with Crippen molar-refractivity contribution in [2.24, 2.45) is 5.92 Å². The number of benzene rings is 1. The van der Waals surface area contributed by atoms with Crippen LogP contribution in [0.5, 0.6) is 0 Å². The molecule has 0 saturated heterocycles. The van der Waals surface area contributed by atoms with Crippen molar-refractivity contribution >= 4 is 17.5 Å². The second-order valence-electron chi connectivity index (χ2n) is 4.85. The number of carbonyl (C=O) groups is 2. The summed E-state index contributed by atoms with van der Waals surface area (Å²) in [5.41, 5.74) is 1.01. The van der Waals surface area contributed by atoms with E-state index in [4.69, 9.17) is 0 Å². The fourth-order valence-electron chi connectivity index (χ4n) is 1.46. The molecule has 0 atom stereocenters. The van der Waals surface area contributed by atoms with E-state index in [2.05, 4.69) is 10.6 Å². The molecule has 0 aromatic heterocycles. The quantitative estimate of drug-likeness (QED) is 0.821. The third kappa shape index (κ3) is 5.07. The molecule has 0 bridgehead atoms. The first kappa shape index (κ1) is 15.1. The zero-order valence-electron chi connectivity index (χ0n) is 11.4. The van der Waals surface area contributed by atoms with Gasteiger partial charge < -0.3 is 10.6 Å². The van der Waals surface area contributed by atoms with Crippen LogP contribution in [0.4, 0.5) is 10.1 Å². The van der Waals surface area contributed by atoms with E-state index >= 15 is 0 Å². The lowest BCUT2D eigenvalue weighted by Crippen LogP contribution is -2.36. The van der Waals surface area contributed by atoms with Gasteiger partial charge >= 0.3 is 11.8 Å². The monoisotopic (exact) mass is 266 g/mol. The Bertz CT molecular complexity index is 473. The minimum absolute atomic E-state index is 0.309. The van der Waals surface area contributed by atoms with Crippen LogP contribution in [0.3, 0.4) is 0 Å². The smallest absolute Gasteiger partial charge is 0.313 e. The summed E-state index contributed by atoms with van der Waals surface area (Å²) in [7, 11) is 0. The van der Waals surface area contributed by atoms with E-state index in [0.29, 0.717) is 23.7 Å². The van der Waals surface area contributed by atoms with Gasteiger partial charge in [0, 0.05) is 12.2 Å². The molecule has 0 aliphatic carbocycles. The summed E-state index contributed by atoms with van der Waals surface area (Å²) in [5.74, 6) is -1.49. The van der Waals surface area contributed by atoms with Crippen LogP contribution in [0.25, 0.3) is 0 Å². The van der Waals surface area contributed by atoms with Crippen molar-refractivity contribution in [2.45, 2.75) is 27.2 Å². The lowest BCUT2D eigenvalue weighted by molar-refractivity contribution is -0.136. The predicted molar refractivity (Wildman–Crippen MR) is 72.2 cm³/mol. The first-order valence-corrected chi connectivity index (χ1v) is 6.25. The third-order valence-electron chi connectivity index (χ3n) is 2.66. The largest absolute Gasteiger partial charge is 0.348 e. The normalized spacial score (nSPS) is 10.4. The highest BCUT2D eigenvalue weighted by atomic mass is 19.1. The van der Waals surface area contributed by atoms with E-state index in [9.17, 15) is 14.0 Å². The van der Waals surface area contributed by atoms with Crippen molar-refractivity contribution in [3.05, 3.63) is 29.6 Å². The SMILES string of the molecule is Cc1ccc(F)cc1NC(=O)C(=O)NCCC(C)C. The van der Waals surface area contributed by atoms with Crippen molar-refractivity contribution in [1.29, 1.82) is 0 Å². The van der Waals surface area contributed by atoms with E-state index in [-0.39, 0.29) is 0 Å². The van der Waals surface area contributed by atoms with E-state index in [1.54, 1.807) is 13.0 Å².